The van der Waals surface area contributed by atoms with E-state index in [1.54, 1.807) is 7.11 Å². The Bertz CT molecular complexity index is 771. The van der Waals surface area contributed by atoms with Crippen molar-refractivity contribution in [3.8, 4) is 17.0 Å². The SMILES string of the molecule is CCNc1nnc(-c2cccc(OC)c2)c2ccccc12. The van der Waals surface area contributed by atoms with E-state index < -0.39 is 0 Å². The van der Waals surface area contributed by atoms with Crippen molar-refractivity contribution in [2.45, 2.75) is 6.92 Å². The molecular weight excluding hydrogens is 262 g/mol. The normalized spacial score (nSPS) is 10.6. The molecule has 0 aliphatic heterocycles. The summed E-state index contributed by atoms with van der Waals surface area (Å²) in [4.78, 5) is 0. The fraction of sp³-hybridized carbons (Fsp3) is 0.176. The van der Waals surface area contributed by atoms with E-state index in [1.807, 2.05) is 43.3 Å². The first-order valence-corrected chi connectivity index (χ1v) is 6.97. The summed E-state index contributed by atoms with van der Waals surface area (Å²) in [6, 6.07) is 16.0. The van der Waals surface area contributed by atoms with Crippen molar-refractivity contribution in [1.82, 2.24) is 10.2 Å². The van der Waals surface area contributed by atoms with E-state index >= 15 is 0 Å². The van der Waals surface area contributed by atoms with Crippen LogP contribution in [-0.4, -0.2) is 23.9 Å². The number of aromatic nitrogens is 2. The summed E-state index contributed by atoms with van der Waals surface area (Å²) in [6.07, 6.45) is 0. The molecule has 3 aromatic rings. The van der Waals surface area contributed by atoms with Crippen molar-refractivity contribution in [3.63, 3.8) is 0 Å². The highest BCUT2D eigenvalue weighted by Crippen LogP contribution is 2.31. The maximum absolute atomic E-state index is 5.29. The molecule has 1 aromatic heterocycles. The minimum Gasteiger partial charge on any atom is -0.497 e. The Morgan fingerprint density at radius 1 is 1.00 bits per heavy atom. The van der Waals surface area contributed by atoms with Gasteiger partial charge >= 0.3 is 0 Å². The van der Waals surface area contributed by atoms with Gasteiger partial charge in [-0.15, -0.1) is 10.2 Å². The summed E-state index contributed by atoms with van der Waals surface area (Å²) in [5.74, 6) is 1.63. The minimum atomic E-state index is 0.814. The second-order valence-electron chi connectivity index (χ2n) is 4.71. The fourth-order valence-corrected chi connectivity index (χ4v) is 2.39. The van der Waals surface area contributed by atoms with Crippen LogP contribution in [0.1, 0.15) is 6.92 Å². The number of methoxy groups -OCH3 is 1. The largest absolute Gasteiger partial charge is 0.497 e. The van der Waals surface area contributed by atoms with Gasteiger partial charge in [-0.1, -0.05) is 36.4 Å². The van der Waals surface area contributed by atoms with Crippen LogP contribution in [0.2, 0.25) is 0 Å². The smallest absolute Gasteiger partial charge is 0.156 e. The lowest BCUT2D eigenvalue weighted by Crippen LogP contribution is -2.02. The molecule has 0 atom stereocenters. The molecule has 1 heterocycles. The number of anilines is 1. The molecule has 0 unspecified atom stereocenters. The number of nitrogens with zero attached hydrogens (tertiary/aromatic N) is 2. The number of ether oxygens (including phenoxy) is 1. The number of hydrogen-bond donors (Lipinski definition) is 1. The topological polar surface area (TPSA) is 47.0 Å². The predicted octanol–water partition coefficient (Wildman–Crippen LogP) is 3.74. The van der Waals surface area contributed by atoms with E-state index in [-0.39, 0.29) is 0 Å². The molecule has 106 valence electrons. The highest BCUT2D eigenvalue weighted by molar-refractivity contribution is 6.00. The average molecular weight is 279 g/mol. The molecule has 2 aromatic carbocycles. The maximum atomic E-state index is 5.29. The molecule has 21 heavy (non-hydrogen) atoms. The third kappa shape index (κ3) is 2.52. The van der Waals surface area contributed by atoms with Crippen molar-refractivity contribution in [2.75, 3.05) is 19.0 Å². The van der Waals surface area contributed by atoms with Gasteiger partial charge < -0.3 is 10.1 Å². The zero-order chi connectivity index (χ0) is 14.7. The van der Waals surface area contributed by atoms with Crippen LogP contribution in [0.25, 0.3) is 22.0 Å². The molecule has 0 aliphatic carbocycles. The van der Waals surface area contributed by atoms with Crippen LogP contribution in [0, 0.1) is 0 Å². The van der Waals surface area contributed by atoms with Gasteiger partial charge in [-0.25, -0.2) is 0 Å². The monoisotopic (exact) mass is 279 g/mol. The third-order valence-corrected chi connectivity index (χ3v) is 3.37. The van der Waals surface area contributed by atoms with E-state index in [1.165, 1.54) is 0 Å². The molecule has 0 amide bonds. The minimum absolute atomic E-state index is 0.814. The van der Waals surface area contributed by atoms with Gasteiger partial charge in [-0.2, -0.15) is 0 Å². The Labute approximate surface area is 123 Å². The van der Waals surface area contributed by atoms with Crippen molar-refractivity contribution in [3.05, 3.63) is 48.5 Å². The zero-order valence-electron chi connectivity index (χ0n) is 12.1. The van der Waals surface area contributed by atoms with Crippen molar-refractivity contribution < 1.29 is 4.74 Å². The number of benzene rings is 2. The fourth-order valence-electron chi connectivity index (χ4n) is 2.39. The van der Waals surface area contributed by atoms with Gasteiger partial charge in [0.1, 0.15) is 11.4 Å². The summed E-state index contributed by atoms with van der Waals surface area (Å²) in [7, 11) is 1.66. The Hall–Kier alpha value is -2.62. The average Bonchev–Trinajstić information content (AvgIpc) is 2.55. The molecule has 3 rings (SSSR count). The molecule has 0 bridgehead atoms. The van der Waals surface area contributed by atoms with Crippen molar-refractivity contribution in [2.24, 2.45) is 0 Å². The summed E-state index contributed by atoms with van der Waals surface area (Å²) in [6.45, 7) is 2.86. The molecule has 0 saturated carbocycles. The number of fused-ring (bicyclic) bond motifs is 1. The lowest BCUT2D eigenvalue weighted by molar-refractivity contribution is 0.415. The van der Waals surface area contributed by atoms with Crippen LogP contribution < -0.4 is 10.1 Å². The first-order chi connectivity index (χ1) is 10.3. The standard InChI is InChI=1S/C17H17N3O/c1-3-18-17-15-10-5-4-9-14(15)16(19-20-17)12-7-6-8-13(11-12)21-2/h4-11H,3H2,1-2H3,(H,18,20). The van der Waals surface area contributed by atoms with Gasteiger partial charge in [0.25, 0.3) is 0 Å². The summed E-state index contributed by atoms with van der Waals surface area (Å²) in [5.41, 5.74) is 1.87. The van der Waals surface area contributed by atoms with Crippen molar-refractivity contribution >= 4 is 16.6 Å². The van der Waals surface area contributed by atoms with E-state index in [9.17, 15) is 0 Å². The number of rotatable bonds is 4. The second kappa shape index (κ2) is 5.79. The van der Waals surface area contributed by atoms with Gasteiger partial charge in [-0.3, -0.25) is 0 Å². The molecule has 4 nitrogen and oxygen atoms in total. The highest BCUT2D eigenvalue weighted by atomic mass is 16.5. The Morgan fingerprint density at radius 2 is 1.81 bits per heavy atom. The van der Waals surface area contributed by atoms with Crippen LogP contribution in [0.15, 0.2) is 48.5 Å². The van der Waals surface area contributed by atoms with Gasteiger partial charge in [0.2, 0.25) is 0 Å². The van der Waals surface area contributed by atoms with Crippen LogP contribution in [0.5, 0.6) is 5.75 Å². The first-order valence-electron chi connectivity index (χ1n) is 6.97. The van der Waals surface area contributed by atoms with E-state index in [0.29, 0.717) is 0 Å². The molecule has 0 aliphatic rings. The summed E-state index contributed by atoms with van der Waals surface area (Å²) in [5, 5.41) is 14.1. The first kappa shape index (κ1) is 13.4. The molecule has 0 fully saturated rings. The van der Waals surface area contributed by atoms with Gasteiger partial charge in [0, 0.05) is 22.9 Å². The lowest BCUT2D eigenvalue weighted by atomic mass is 10.0. The Morgan fingerprint density at radius 3 is 2.57 bits per heavy atom. The lowest BCUT2D eigenvalue weighted by Gasteiger charge is -2.10. The number of nitrogens with one attached hydrogen (secondary N) is 1. The number of hydrogen-bond acceptors (Lipinski definition) is 4. The maximum Gasteiger partial charge on any atom is 0.156 e. The molecule has 0 spiro atoms. The molecule has 4 heteroatoms. The van der Waals surface area contributed by atoms with Gasteiger partial charge in [-0.05, 0) is 19.1 Å². The van der Waals surface area contributed by atoms with E-state index in [4.69, 9.17) is 4.74 Å². The van der Waals surface area contributed by atoms with Gasteiger partial charge in [0.15, 0.2) is 5.82 Å². The zero-order valence-corrected chi connectivity index (χ0v) is 12.1. The Balaban J connectivity index is 2.21. The highest BCUT2D eigenvalue weighted by Gasteiger charge is 2.10. The molecule has 0 radical (unpaired) electrons. The van der Waals surface area contributed by atoms with E-state index in [2.05, 4.69) is 27.6 Å². The van der Waals surface area contributed by atoms with Crippen LogP contribution in [-0.2, 0) is 0 Å². The van der Waals surface area contributed by atoms with Crippen LogP contribution in [0.3, 0.4) is 0 Å². The van der Waals surface area contributed by atoms with Crippen LogP contribution in [0.4, 0.5) is 5.82 Å². The summed E-state index contributed by atoms with van der Waals surface area (Å²) >= 11 is 0. The molecule has 1 N–H and O–H groups in total. The predicted molar refractivity (Wildman–Crippen MR) is 85.7 cm³/mol. The third-order valence-electron chi connectivity index (χ3n) is 3.37. The molecular formula is C17H17N3O. The van der Waals surface area contributed by atoms with Crippen molar-refractivity contribution in [1.29, 1.82) is 0 Å². The quantitative estimate of drug-likeness (QED) is 0.790. The van der Waals surface area contributed by atoms with Crippen LogP contribution >= 0.6 is 0 Å². The van der Waals surface area contributed by atoms with Gasteiger partial charge in [0.05, 0.1) is 7.11 Å². The van der Waals surface area contributed by atoms with E-state index in [0.717, 1.165) is 40.1 Å². The second-order valence-corrected chi connectivity index (χ2v) is 4.71. The summed E-state index contributed by atoms with van der Waals surface area (Å²) < 4.78 is 5.29. The molecule has 0 saturated heterocycles. The Kier molecular flexibility index (Phi) is 3.69.